The van der Waals surface area contributed by atoms with Gasteiger partial charge in [0.05, 0.1) is 16.1 Å². The maximum absolute atomic E-state index is 8.90. The third kappa shape index (κ3) is 3.84. The molecule has 2 rings (SSSR count). The molecule has 0 amide bonds. The van der Waals surface area contributed by atoms with Crippen LogP contribution in [0.15, 0.2) is 40.9 Å². The molecule has 0 unspecified atom stereocenters. The van der Waals surface area contributed by atoms with Gasteiger partial charge in [-0.1, -0.05) is 18.2 Å². The third-order valence-electron chi connectivity index (χ3n) is 3.26. The number of nitrogens with zero attached hydrogens (tertiary/aromatic N) is 1. The summed E-state index contributed by atoms with van der Waals surface area (Å²) in [6, 6.07) is 13.8. The standard InChI is InChI=1S/C17H17BrN2O/c1-12-8-13(9-19)6-7-15(12)11-21-17-14(10-20-2)4-3-5-16(17)18/h3-8,20H,10-11H2,1-2H3. The van der Waals surface area contributed by atoms with Crippen molar-refractivity contribution in [1.29, 1.82) is 5.26 Å². The van der Waals surface area contributed by atoms with E-state index in [2.05, 4.69) is 27.3 Å². The van der Waals surface area contributed by atoms with Crippen molar-refractivity contribution in [3.8, 4) is 11.8 Å². The fraction of sp³-hybridized carbons (Fsp3) is 0.235. The first-order valence-electron chi connectivity index (χ1n) is 6.70. The Kier molecular flexibility index (Phi) is 5.38. The molecule has 0 fully saturated rings. The van der Waals surface area contributed by atoms with Crippen molar-refractivity contribution < 1.29 is 4.74 Å². The van der Waals surface area contributed by atoms with Crippen LogP contribution in [0.4, 0.5) is 0 Å². The molecule has 0 bridgehead atoms. The second-order valence-corrected chi connectivity index (χ2v) is 5.65. The van der Waals surface area contributed by atoms with Gasteiger partial charge in [0.2, 0.25) is 0 Å². The second-order valence-electron chi connectivity index (χ2n) is 4.80. The molecule has 0 aromatic heterocycles. The summed E-state index contributed by atoms with van der Waals surface area (Å²) in [6.45, 7) is 3.23. The van der Waals surface area contributed by atoms with Crippen molar-refractivity contribution in [2.45, 2.75) is 20.1 Å². The van der Waals surface area contributed by atoms with E-state index in [-0.39, 0.29) is 0 Å². The van der Waals surface area contributed by atoms with Crippen LogP contribution < -0.4 is 10.1 Å². The Morgan fingerprint density at radius 2 is 2.05 bits per heavy atom. The summed E-state index contributed by atoms with van der Waals surface area (Å²) in [6.07, 6.45) is 0. The summed E-state index contributed by atoms with van der Waals surface area (Å²) in [7, 11) is 1.91. The summed E-state index contributed by atoms with van der Waals surface area (Å²) >= 11 is 3.54. The van der Waals surface area contributed by atoms with Gasteiger partial charge in [0, 0.05) is 12.1 Å². The zero-order chi connectivity index (χ0) is 15.2. The average Bonchev–Trinajstić information content (AvgIpc) is 2.48. The summed E-state index contributed by atoms with van der Waals surface area (Å²) < 4.78 is 6.94. The van der Waals surface area contributed by atoms with Crippen LogP contribution in [0.25, 0.3) is 0 Å². The number of hydrogen-bond donors (Lipinski definition) is 1. The lowest BCUT2D eigenvalue weighted by Gasteiger charge is -2.14. The largest absolute Gasteiger partial charge is 0.487 e. The van der Waals surface area contributed by atoms with Crippen molar-refractivity contribution in [2.24, 2.45) is 0 Å². The molecule has 108 valence electrons. The maximum atomic E-state index is 8.90. The van der Waals surface area contributed by atoms with E-state index in [4.69, 9.17) is 10.00 Å². The number of halogens is 1. The number of ether oxygens (including phenoxy) is 1. The Bertz CT molecular complexity index is 677. The Morgan fingerprint density at radius 1 is 1.24 bits per heavy atom. The molecule has 0 aliphatic heterocycles. The Hall–Kier alpha value is -1.83. The molecule has 2 aromatic carbocycles. The molecule has 0 aliphatic rings. The highest BCUT2D eigenvalue weighted by atomic mass is 79.9. The van der Waals surface area contributed by atoms with Crippen LogP contribution in [-0.4, -0.2) is 7.05 Å². The third-order valence-corrected chi connectivity index (χ3v) is 3.88. The maximum Gasteiger partial charge on any atom is 0.138 e. The highest BCUT2D eigenvalue weighted by Gasteiger charge is 2.09. The van der Waals surface area contributed by atoms with Crippen LogP contribution in [0.5, 0.6) is 5.75 Å². The van der Waals surface area contributed by atoms with E-state index in [1.807, 2.05) is 50.4 Å². The van der Waals surface area contributed by atoms with Crippen LogP contribution in [0.1, 0.15) is 22.3 Å². The first kappa shape index (κ1) is 15.6. The van der Waals surface area contributed by atoms with Gasteiger partial charge >= 0.3 is 0 Å². The number of nitrogens with one attached hydrogen (secondary N) is 1. The monoisotopic (exact) mass is 344 g/mol. The van der Waals surface area contributed by atoms with Gasteiger partial charge in [-0.25, -0.2) is 0 Å². The van der Waals surface area contributed by atoms with Gasteiger partial charge in [0.25, 0.3) is 0 Å². The molecule has 0 heterocycles. The molecule has 1 N–H and O–H groups in total. The van der Waals surface area contributed by atoms with Crippen LogP contribution in [0.2, 0.25) is 0 Å². The molecular weight excluding hydrogens is 328 g/mol. The van der Waals surface area contributed by atoms with E-state index in [1.54, 1.807) is 0 Å². The lowest BCUT2D eigenvalue weighted by molar-refractivity contribution is 0.299. The number of benzene rings is 2. The van der Waals surface area contributed by atoms with Gasteiger partial charge < -0.3 is 10.1 Å². The van der Waals surface area contributed by atoms with Gasteiger partial charge in [-0.3, -0.25) is 0 Å². The van der Waals surface area contributed by atoms with Gasteiger partial charge in [0.15, 0.2) is 0 Å². The fourth-order valence-electron chi connectivity index (χ4n) is 2.12. The quantitative estimate of drug-likeness (QED) is 0.893. The minimum absolute atomic E-state index is 0.483. The van der Waals surface area contributed by atoms with Gasteiger partial charge in [-0.2, -0.15) is 5.26 Å². The van der Waals surface area contributed by atoms with E-state index in [9.17, 15) is 0 Å². The van der Waals surface area contributed by atoms with Crippen LogP contribution in [0.3, 0.4) is 0 Å². The smallest absolute Gasteiger partial charge is 0.138 e. The molecule has 0 aliphatic carbocycles. The Balaban J connectivity index is 2.19. The zero-order valence-corrected chi connectivity index (χ0v) is 13.7. The van der Waals surface area contributed by atoms with Crippen molar-refractivity contribution in [3.05, 3.63) is 63.1 Å². The zero-order valence-electron chi connectivity index (χ0n) is 12.1. The predicted octanol–water partition coefficient (Wildman–Crippen LogP) is 3.93. The molecular formula is C17H17BrN2O. The normalized spacial score (nSPS) is 10.2. The van der Waals surface area contributed by atoms with Crippen molar-refractivity contribution in [2.75, 3.05) is 7.05 Å². The van der Waals surface area contributed by atoms with Crippen molar-refractivity contribution >= 4 is 15.9 Å². The van der Waals surface area contributed by atoms with Crippen LogP contribution >= 0.6 is 15.9 Å². The average molecular weight is 345 g/mol. The molecule has 2 aromatic rings. The molecule has 4 heteroatoms. The molecule has 0 saturated heterocycles. The van der Waals surface area contributed by atoms with Crippen LogP contribution in [0, 0.1) is 18.3 Å². The topological polar surface area (TPSA) is 45.0 Å². The second kappa shape index (κ2) is 7.26. The first-order chi connectivity index (χ1) is 10.2. The van der Waals surface area contributed by atoms with Gasteiger partial charge in [-0.05, 0) is 59.2 Å². The summed E-state index contributed by atoms with van der Waals surface area (Å²) in [5, 5.41) is 12.0. The Labute approximate surface area is 133 Å². The van der Waals surface area contributed by atoms with E-state index in [0.29, 0.717) is 12.2 Å². The number of aryl methyl sites for hydroxylation is 1. The van der Waals surface area contributed by atoms with Crippen LogP contribution in [-0.2, 0) is 13.2 Å². The van der Waals surface area contributed by atoms with Gasteiger partial charge in [0.1, 0.15) is 12.4 Å². The predicted molar refractivity (Wildman–Crippen MR) is 87.1 cm³/mol. The number of nitriles is 1. The highest BCUT2D eigenvalue weighted by molar-refractivity contribution is 9.10. The minimum Gasteiger partial charge on any atom is -0.487 e. The molecule has 0 atom stereocenters. The number of hydrogen-bond acceptors (Lipinski definition) is 3. The summed E-state index contributed by atoms with van der Waals surface area (Å²) in [5.41, 5.74) is 3.93. The molecule has 0 radical (unpaired) electrons. The van der Waals surface area contributed by atoms with E-state index in [1.165, 1.54) is 0 Å². The van der Waals surface area contributed by atoms with E-state index < -0.39 is 0 Å². The molecule has 0 spiro atoms. The highest BCUT2D eigenvalue weighted by Crippen LogP contribution is 2.30. The van der Waals surface area contributed by atoms with Gasteiger partial charge in [-0.15, -0.1) is 0 Å². The van der Waals surface area contributed by atoms with Crippen molar-refractivity contribution in [3.63, 3.8) is 0 Å². The molecule has 21 heavy (non-hydrogen) atoms. The summed E-state index contributed by atoms with van der Waals surface area (Å²) in [5.74, 6) is 0.857. The minimum atomic E-state index is 0.483. The number of rotatable bonds is 5. The van der Waals surface area contributed by atoms with E-state index >= 15 is 0 Å². The van der Waals surface area contributed by atoms with E-state index in [0.717, 1.165) is 33.5 Å². The lowest BCUT2D eigenvalue weighted by atomic mass is 10.1. The summed E-state index contributed by atoms with van der Waals surface area (Å²) in [4.78, 5) is 0. The fourth-order valence-corrected chi connectivity index (χ4v) is 2.64. The molecule has 0 saturated carbocycles. The Morgan fingerprint density at radius 3 is 2.71 bits per heavy atom. The van der Waals surface area contributed by atoms with Crippen molar-refractivity contribution in [1.82, 2.24) is 5.32 Å². The SMILES string of the molecule is CNCc1cccc(Br)c1OCc1ccc(C#N)cc1C. The molecule has 3 nitrogen and oxygen atoms in total. The number of para-hydroxylation sites is 1. The lowest BCUT2D eigenvalue weighted by Crippen LogP contribution is -2.08. The first-order valence-corrected chi connectivity index (χ1v) is 7.49.